The first-order valence-electron chi connectivity index (χ1n) is 7.12. The lowest BCUT2D eigenvalue weighted by Crippen LogP contribution is -2.22. The molecule has 6 heteroatoms. The second-order valence-electron chi connectivity index (χ2n) is 4.91. The molecule has 0 spiro atoms. The fraction of sp³-hybridized carbons (Fsp3) is 0.533. The zero-order chi connectivity index (χ0) is 15.2. The molecule has 2 rings (SSSR count). The molecule has 0 saturated carbocycles. The molecule has 1 saturated heterocycles. The van der Waals surface area contributed by atoms with E-state index in [1.165, 1.54) is 0 Å². The molecule has 0 radical (unpaired) electrons. The van der Waals surface area contributed by atoms with Crippen LogP contribution in [0.1, 0.15) is 25.5 Å². The van der Waals surface area contributed by atoms with Gasteiger partial charge in [-0.1, -0.05) is 13.0 Å². The largest absolute Gasteiger partial charge is 0.493 e. The predicted octanol–water partition coefficient (Wildman–Crippen LogP) is 1.85. The van der Waals surface area contributed by atoms with Crippen LogP contribution in [0.3, 0.4) is 0 Å². The average Bonchev–Trinajstić information content (AvgIpc) is 2.90. The highest BCUT2D eigenvalue weighted by Gasteiger charge is 2.23. The van der Waals surface area contributed by atoms with Gasteiger partial charge in [-0.05, 0) is 31.2 Å². The Morgan fingerprint density at radius 3 is 2.90 bits per heavy atom. The molecule has 2 N–H and O–H groups in total. The van der Waals surface area contributed by atoms with E-state index in [9.17, 15) is 4.79 Å². The van der Waals surface area contributed by atoms with Crippen LogP contribution in [0, 0.1) is 0 Å². The van der Waals surface area contributed by atoms with Gasteiger partial charge < -0.3 is 24.8 Å². The summed E-state index contributed by atoms with van der Waals surface area (Å²) in [7, 11) is 1.61. The number of nitrogens with one attached hydrogen (secondary N) is 2. The standard InChI is InChI=1S/C15H22N2O4/c1-4-16-10(2)11-5-6-13(14(7-11)19-3)20-9-12-8-17-15(18)21-12/h5-7,10,12,16H,4,8-9H2,1-3H3,(H,17,18). The molecule has 21 heavy (non-hydrogen) atoms. The van der Waals surface area contributed by atoms with Gasteiger partial charge in [0.25, 0.3) is 0 Å². The maximum Gasteiger partial charge on any atom is 0.407 e. The van der Waals surface area contributed by atoms with E-state index in [0.717, 1.165) is 12.1 Å². The minimum Gasteiger partial charge on any atom is -0.493 e. The smallest absolute Gasteiger partial charge is 0.407 e. The SMILES string of the molecule is CCNC(C)c1ccc(OCC2CNC(=O)O2)c(OC)c1. The number of cyclic esters (lactones) is 1. The summed E-state index contributed by atoms with van der Waals surface area (Å²) in [5.74, 6) is 1.32. The van der Waals surface area contributed by atoms with Crippen molar-refractivity contribution in [3.63, 3.8) is 0 Å². The third-order valence-corrected chi connectivity index (χ3v) is 3.37. The van der Waals surface area contributed by atoms with Crippen LogP contribution in [0.25, 0.3) is 0 Å². The molecule has 1 aromatic carbocycles. The van der Waals surface area contributed by atoms with Crippen LogP contribution in [-0.4, -0.2) is 39.0 Å². The molecule has 116 valence electrons. The minimum absolute atomic E-state index is 0.248. The zero-order valence-electron chi connectivity index (χ0n) is 12.6. The molecule has 0 bridgehead atoms. The number of hydrogen-bond acceptors (Lipinski definition) is 5. The second kappa shape index (κ2) is 7.17. The Bertz CT molecular complexity index is 493. The lowest BCUT2D eigenvalue weighted by molar-refractivity contribution is 0.103. The van der Waals surface area contributed by atoms with Crippen molar-refractivity contribution in [2.75, 3.05) is 26.8 Å². The van der Waals surface area contributed by atoms with E-state index in [4.69, 9.17) is 14.2 Å². The Morgan fingerprint density at radius 2 is 2.29 bits per heavy atom. The third kappa shape index (κ3) is 4.01. The predicted molar refractivity (Wildman–Crippen MR) is 78.9 cm³/mol. The number of methoxy groups -OCH3 is 1. The molecule has 0 aromatic heterocycles. The molecular weight excluding hydrogens is 272 g/mol. The van der Waals surface area contributed by atoms with Gasteiger partial charge in [-0.25, -0.2) is 4.79 Å². The number of alkyl carbamates (subject to hydrolysis) is 1. The summed E-state index contributed by atoms with van der Waals surface area (Å²) in [6.07, 6.45) is -0.659. The van der Waals surface area contributed by atoms with Crippen molar-refractivity contribution in [2.24, 2.45) is 0 Å². The van der Waals surface area contributed by atoms with Crippen LogP contribution in [0.15, 0.2) is 18.2 Å². The Labute approximate surface area is 124 Å². The molecule has 1 aromatic rings. The van der Waals surface area contributed by atoms with E-state index >= 15 is 0 Å². The van der Waals surface area contributed by atoms with Gasteiger partial charge in [0, 0.05) is 6.04 Å². The summed E-state index contributed by atoms with van der Waals surface area (Å²) >= 11 is 0. The lowest BCUT2D eigenvalue weighted by atomic mass is 10.1. The first-order chi connectivity index (χ1) is 10.1. The van der Waals surface area contributed by atoms with Gasteiger partial charge in [0.2, 0.25) is 0 Å². The van der Waals surface area contributed by atoms with Crippen molar-refractivity contribution in [3.8, 4) is 11.5 Å². The zero-order valence-corrected chi connectivity index (χ0v) is 12.6. The quantitative estimate of drug-likeness (QED) is 0.803. The number of benzene rings is 1. The molecule has 2 atom stereocenters. The van der Waals surface area contributed by atoms with Crippen molar-refractivity contribution >= 4 is 6.09 Å². The fourth-order valence-corrected chi connectivity index (χ4v) is 2.20. The molecule has 2 unspecified atom stereocenters. The highest BCUT2D eigenvalue weighted by atomic mass is 16.6. The van der Waals surface area contributed by atoms with Crippen LogP contribution < -0.4 is 20.1 Å². The topological polar surface area (TPSA) is 68.8 Å². The molecular formula is C15H22N2O4. The average molecular weight is 294 g/mol. The van der Waals surface area contributed by atoms with E-state index in [1.54, 1.807) is 7.11 Å². The van der Waals surface area contributed by atoms with Crippen LogP contribution in [0.2, 0.25) is 0 Å². The Morgan fingerprint density at radius 1 is 1.48 bits per heavy atom. The Hall–Kier alpha value is -1.95. The van der Waals surface area contributed by atoms with Crippen molar-refractivity contribution in [3.05, 3.63) is 23.8 Å². The summed E-state index contributed by atoms with van der Waals surface area (Å²) < 4.78 is 16.1. The van der Waals surface area contributed by atoms with Crippen molar-refractivity contribution in [1.82, 2.24) is 10.6 Å². The first kappa shape index (κ1) is 15.4. The van der Waals surface area contributed by atoms with Gasteiger partial charge in [-0.15, -0.1) is 0 Å². The molecule has 6 nitrogen and oxygen atoms in total. The second-order valence-corrected chi connectivity index (χ2v) is 4.91. The summed E-state index contributed by atoms with van der Waals surface area (Å²) in [5.41, 5.74) is 1.13. The lowest BCUT2D eigenvalue weighted by Gasteiger charge is -2.17. The number of hydrogen-bond donors (Lipinski definition) is 2. The van der Waals surface area contributed by atoms with Gasteiger partial charge in [-0.3, -0.25) is 0 Å². The normalized spacial score (nSPS) is 18.8. The molecule has 1 aliphatic rings. The highest BCUT2D eigenvalue weighted by Crippen LogP contribution is 2.30. The number of carbonyl (C=O) groups is 1. The van der Waals surface area contributed by atoms with Crippen molar-refractivity contribution in [1.29, 1.82) is 0 Å². The summed E-state index contributed by atoms with van der Waals surface area (Å²) in [4.78, 5) is 10.9. The van der Waals surface area contributed by atoms with E-state index in [1.807, 2.05) is 18.2 Å². The van der Waals surface area contributed by atoms with Crippen LogP contribution in [-0.2, 0) is 4.74 Å². The molecule has 1 heterocycles. The van der Waals surface area contributed by atoms with Gasteiger partial charge in [0.15, 0.2) is 17.6 Å². The van der Waals surface area contributed by atoms with Crippen molar-refractivity contribution < 1.29 is 19.0 Å². The van der Waals surface area contributed by atoms with Crippen LogP contribution in [0.4, 0.5) is 4.79 Å². The van der Waals surface area contributed by atoms with E-state index < -0.39 is 6.09 Å². The van der Waals surface area contributed by atoms with Crippen molar-refractivity contribution in [2.45, 2.75) is 26.0 Å². The van der Waals surface area contributed by atoms with Crippen LogP contribution >= 0.6 is 0 Å². The molecule has 1 aliphatic heterocycles. The van der Waals surface area contributed by atoms with Gasteiger partial charge >= 0.3 is 6.09 Å². The number of rotatable bonds is 7. The maximum atomic E-state index is 10.9. The number of carbonyl (C=O) groups excluding carboxylic acids is 1. The van der Waals surface area contributed by atoms with Gasteiger partial charge in [-0.2, -0.15) is 0 Å². The summed E-state index contributed by atoms with van der Waals surface area (Å²) in [6, 6.07) is 6.09. The first-order valence-corrected chi connectivity index (χ1v) is 7.12. The molecule has 1 fully saturated rings. The van der Waals surface area contributed by atoms with E-state index in [0.29, 0.717) is 24.7 Å². The van der Waals surface area contributed by atoms with Gasteiger partial charge in [0.1, 0.15) is 6.61 Å². The van der Waals surface area contributed by atoms with E-state index in [2.05, 4.69) is 24.5 Å². The number of amides is 1. The highest BCUT2D eigenvalue weighted by molar-refractivity contribution is 5.69. The number of ether oxygens (including phenoxy) is 3. The minimum atomic E-state index is -0.398. The third-order valence-electron chi connectivity index (χ3n) is 3.37. The Kier molecular flexibility index (Phi) is 5.27. The van der Waals surface area contributed by atoms with E-state index in [-0.39, 0.29) is 12.1 Å². The monoisotopic (exact) mass is 294 g/mol. The maximum absolute atomic E-state index is 10.9. The fourth-order valence-electron chi connectivity index (χ4n) is 2.20. The summed E-state index contributed by atoms with van der Waals surface area (Å²) in [5, 5.41) is 5.94. The molecule has 1 amide bonds. The Balaban J connectivity index is 2.00. The van der Waals surface area contributed by atoms with Crippen LogP contribution in [0.5, 0.6) is 11.5 Å². The summed E-state index contributed by atoms with van der Waals surface area (Å²) in [6.45, 7) is 5.85. The van der Waals surface area contributed by atoms with Gasteiger partial charge in [0.05, 0.1) is 13.7 Å². The molecule has 0 aliphatic carbocycles.